The largest absolute Gasteiger partial charge is 0.314 e. The highest BCUT2D eigenvalue weighted by Gasteiger charge is 2.25. The number of hydrogen-bond donors (Lipinski definition) is 1. The van der Waals surface area contributed by atoms with Gasteiger partial charge in [0, 0.05) is 12.6 Å². The van der Waals surface area contributed by atoms with Crippen molar-refractivity contribution in [3.05, 3.63) is 0 Å². The van der Waals surface area contributed by atoms with Crippen molar-refractivity contribution in [2.24, 2.45) is 17.8 Å². The molecule has 0 aromatic carbocycles. The SMILES string of the molecule is CC1CCCCC1CNC(C)C1CCCN(C)C1. The van der Waals surface area contributed by atoms with Crippen LogP contribution in [-0.4, -0.2) is 37.6 Å². The summed E-state index contributed by atoms with van der Waals surface area (Å²) in [5.41, 5.74) is 0. The molecule has 0 bridgehead atoms. The predicted octanol–water partition coefficient (Wildman–Crippen LogP) is 3.13. The van der Waals surface area contributed by atoms with Gasteiger partial charge in [-0.05, 0) is 64.1 Å². The zero-order valence-electron chi connectivity index (χ0n) is 12.6. The number of piperidine rings is 1. The number of likely N-dealkylation sites (tertiary alicyclic amines) is 1. The molecule has 0 aromatic heterocycles. The number of nitrogens with one attached hydrogen (secondary N) is 1. The van der Waals surface area contributed by atoms with E-state index < -0.39 is 0 Å². The molecule has 1 aliphatic carbocycles. The molecule has 2 aliphatic rings. The molecule has 4 atom stereocenters. The molecule has 0 amide bonds. The molecule has 2 nitrogen and oxygen atoms in total. The van der Waals surface area contributed by atoms with Gasteiger partial charge >= 0.3 is 0 Å². The smallest absolute Gasteiger partial charge is 0.00793 e. The van der Waals surface area contributed by atoms with Crippen molar-refractivity contribution >= 4 is 0 Å². The van der Waals surface area contributed by atoms with Crippen molar-refractivity contribution < 1.29 is 0 Å². The summed E-state index contributed by atoms with van der Waals surface area (Å²) in [6.45, 7) is 8.68. The molecular weight excluding hydrogens is 220 g/mol. The van der Waals surface area contributed by atoms with Crippen LogP contribution in [0, 0.1) is 17.8 Å². The standard InChI is InChI=1S/C16H32N2/c1-13-7-4-5-8-15(13)11-17-14(2)16-9-6-10-18(3)12-16/h13-17H,4-12H2,1-3H3. The fourth-order valence-corrected chi connectivity index (χ4v) is 3.81. The Hall–Kier alpha value is -0.0800. The molecule has 2 fully saturated rings. The van der Waals surface area contributed by atoms with E-state index in [2.05, 4.69) is 31.1 Å². The lowest BCUT2D eigenvalue weighted by atomic mass is 9.80. The maximum atomic E-state index is 3.85. The van der Waals surface area contributed by atoms with Crippen molar-refractivity contribution in [2.75, 3.05) is 26.7 Å². The van der Waals surface area contributed by atoms with Crippen LogP contribution in [0.2, 0.25) is 0 Å². The molecule has 1 saturated heterocycles. The lowest BCUT2D eigenvalue weighted by molar-refractivity contribution is 0.167. The summed E-state index contributed by atoms with van der Waals surface area (Å²) in [6.07, 6.45) is 8.61. The third-order valence-corrected chi connectivity index (χ3v) is 5.36. The number of nitrogens with zero attached hydrogens (tertiary/aromatic N) is 1. The van der Waals surface area contributed by atoms with E-state index in [1.165, 1.54) is 58.2 Å². The van der Waals surface area contributed by atoms with E-state index in [1.807, 2.05) is 0 Å². The van der Waals surface area contributed by atoms with Crippen molar-refractivity contribution in [3.63, 3.8) is 0 Å². The normalized spacial score (nSPS) is 36.5. The van der Waals surface area contributed by atoms with Crippen LogP contribution in [-0.2, 0) is 0 Å². The van der Waals surface area contributed by atoms with Crippen LogP contribution < -0.4 is 5.32 Å². The van der Waals surface area contributed by atoms with Gasteiger partial charge in [-0.15, -0.1) is 0 Å². The first-order valence-electron chi connectivity index (χ1n) is 8.08. The lowest BCUT2D eigenvalue weighted by Crippen LogP contribution is -2.45. The van der Waals surface area contributed by atoms with E-state index in [-0.39, 0.29) is 0 Å². The lowest BCUT2D eigenvalue weighted by Gasteiger charge is -2.36. The highest BCUT2D eigenvalue weighted by Crippen LogP contribution is 2.29. The van der Waals surface area contributed by atoms with Gasteiger partial charge in [-0.25, -0.2) is 0 Å². The highest BCUT2D eigenvalue weighted by molar-refractivity contribution is 4.81. The summed E-state index contributed by atoms with van der Waals surface area (Å²) in [7, 11) is 2.27. The second-order valence-electron chi connectivity index (χ2n) is 6.88. The third-order valence-electron chi connectivity index (χ3n) is 5.36. The summed E-state index contributed by atoms with van der Waals surface area (Å²) >= 11 is 0. The molecule has 1 N–H and O–H groups in total. The summed E-state index contributed by atoms with van der Waals surface area (Å²) < 4.78 is 0. The van der Waals surface area contributed by atoms with Gasteiger partial charge < -0.3 is 10.2 Å². The van der Waals surface area contributed by atoms with E-state index >= 15 is 0 Å². The van der Waals surface area contributed by atoms with E-state index in [0.717, 1.165) is 17.8 Å². The van der Waals surface area contributed by atoms with Crippen LogP contribution in [0.15, 0.2) is 0 Å². The first-order chi connectivity index (χ1) is 8.66. The highest BCUT2D eigenvalue weighted by atomic mass is 15.1. The number of rotatable bonds is 4. The minimum atomic E-state index is 0.696. The first kappa shape index (κ1) is 14.3. The monoisotopic (exact) mass is 252 g/mol. The van der Waals surface area contributed by atoms with Crippen LogP contribution in [0.3, 0.4) is 0 Å². The fraction of sp³-hybridized carbons (Fsp3) is 1.00. The summed E-state index contributed by atoms with van der Waals surface area (Å²) in [4.78, 5) is 2.50. The Kier molecular flexibility index (Phi) is 5.50. The Morgan fingerprint density at radius 1 is 1.17 bits per heavy atom. The molecule has 1 saturated carbocycles. The summed E-state index contributed by atoms with van der Waals surface area (Å²) in [6, 6.07) is 0.696. The van der Waals surface area contributed by atoms with Crippen LogP contribution in [0.1, 0.15) is 52.4 Å². The average Bonchev–Trinajstić information content (AvgIpc) is 2.37. The first-order valence-corrected chi connectivity index (χ1v) is 8.08. The van der Waals surface area contributed by atoms with E-state index in [0.29, 0.717) is 6.04 Å². The zero-order chi connectivity index (χ0) is 13.0. The van der Waals surface area contributed by atoms with Gasteiger partial charge in [-0.3, -0.25) is 0 Å². The molecule has 1 aliphatic heterocycles. The third kappa shape index (κ3) is 3.96. The Bertz CT molecular complexity index is 241. The average molecular weight is 252 g/mol. The second-order valence-corrected chi connectivity index (χ2v) is 6.88. The van der Waals surface area contributed by atoms with Crippen LogP contribution in [0.5, 0.6) is 0 Å². The predicted molar refractivity (Wildman–Crippen MR) is 78.8 cm³/mol. The topological polar surface area (TPSA) is 15.3 Å². The van der Waals surface area contributed by atoms with Crippen molar-refractivity contribution in [2.45, 2.75) is 58.4 Å². The second kappa shape index (κ2) is 6.91. The van der Waals surface area contributed by atoms with Gasteiger partial charge in [0.1, 0.15) is 0 Å². The molecule has 2 heteroatoms. The van der Waals surface area contributed by atoms with Crippen LogP contribution in [0.4, 0.5) is 0 Å². The summed E-state index contributed by atoms with van der Waals surface area (Å²) in [5.74, 6) is 2.73. The molecule has 106 valence electrons. The fourth-order valence-electron chi connectivity index (χ4n) is 3.81. The van der Waals surface area contributed by atoms with Gasteiger partial charge in [0.15, 0.2) is 0 Å². The quantitative estimate of drug-likeness (QED) is 0.827. The molecular formula is C16H32N2. The Morgan fingerprint density at radius 2 is 1.94 bits per heavy atom. The Balaban J connectivity index is 1.71. The molecule has 1 heterocycles. The maximum absolute atomic E-state index is 3.85. The minimum absolute atomic E-state index is 0.696. The van der Waals surface area contributed by atoms with Gasteiger partial charge in [0.05, 0.1) is 0 Å². The van der Waals surface area contributed by atoms with E-state index in [1.54, 1.807) is 0 Å². The molecule has 0 spiro atoms. The summed E-state index contributed by atoms with van der Waals surface area (Å²) in [5, 5.41) is 3.85. The van der Waals surface area contributed by atoms with Crippen LogP contribution >= 0.6 is 0 Å². The number of hydrogen-bond acceptors (Lipinski definition) is 2. The van der Waals surface area contributed by atoms with Gasteiger partial charge in [-0.2, -0.15) is 0 Å². The molecule has 0 aromatic rings. The maximum Gasteiger partial charge on any atom is 0.00793 e. The van der Waals surface area contributed by atoms with Gasteiger partial charge in [-0.1, -0.05) is 26.2 Å². The van der Waals surface area contributed by atoms with Crippen molar-refractivity contribution in [1.82, 2.24) is 10.2 Å². The van der Waals surface area contributed by atoms with Gasteiger partial charge in [0.25, 0.3) is 0 Å². The molecule has 0 radical (unpaired) electrons. The molecule has 2 rings (SSSR count). The van der Waals surface area contributed by atoms with Crippen molar-refractivity contribution in [1.29, 1.82) is 0 Å². The minimum Gasteiger partial charge on any atom is -0.314 e. The zero-order valence-corrected chi connectivity index (χ0v) is 12.6. The van der Waals surface area contributed by atoms with Gasteiger partial charge in [0.2, 0.25) is 0 Å². The van der Waals surface area contributed by atoms with Crippen molar-refractivity contribution in [3.8, 4) is 0 Å². The Labute approximate surface area is 114 Å². The molecule has 18 heavy (non-hydrogen) atoms. The van der Waals surface area contributed by atoms with E-state index in [9.17, 15) is 0 Å². The van der Waals surface area contributed by atoms with E-state index in [4.69, 9.17) is 0 Å². The molecule has 4 unspecified atom stereocenters. The Morgan fingerprint density at radius 3 is 2.67 bits per heavy atom. The van der Waals surface area contributed by atoms with Crippen LogP contribution in [0.25, 0.3) is 0 Å².